The summed E-state index contributed by atoms with van der Waals surface area (Å²) in [5.74, 6) is -3.25. The molecule has 0 bridgehead atoms. The molecule has 1 amide bonds. The zero-order chi connectivity index (χ0) is 21.1. The van der Waals surface area contributed by atoms with Gasteiger partial charge in [0.25, 0.3) is 5.91 Å². The Morgan fingerprint density at radius 2 is 1.83 bits per heavy atom. The molecule has 1 aromatic rings. The first-order chi connectivity index (χ1) is 13.8. The molecule has 0 aromatic heterocycles. The Labute approximate surface area is 171 Å². The highest BCUT2D eigenvalue weighted by Gasteiger charge is 2.37. The summed E-state index contributed by atoms with van der Waals surface area (Å²) in [6, 6.07) is 1.81. The van der Waals surface area contributed by atoms with Gasteiger partial charge in [0.2, 0.25) is 0 Å². The lowest BCUT2D eigenvalue weighted by atomic mass is 9.83. The van der Waals surface area contributed by atoms with Crippen molar-refractivity contribution >= 4 is 15.7 Å². The van der Waals surface area contributed by atoms with Crippen LogP contribution in [0.4, 0.5) is 8.78 Å². The van der Waals surface area contributed by atoms with E-state index in [0.717, 1.165) is 57.1 Å². The van der Waals surface area contributed by atoms with Crippen LogP contribution in [0.5, 0.6) is 0 Å². The number of benzene rings is 1. The average Bonchev–Trinajstić information content (AvgIpc) is 3.37. The predicted octanol–water partition coefficient (Wildman–Crippen LogP) is 4.01. The Morgan fingerprint density at radius 3 is 2.45 bits per heavy atom. The molecule has 29 heavy (non-hydrogen) atoms. The van der Waals surface area contributed by atoms with Crippen LogP contribution in [0.2, 0.25) is 0 Å². The SMILES string of the molecule is COCCC1(CNC(=O)c2c(F)ccc(S(=O)(=O)C3CCCC3)c2F)CCCC1. The van der Waals surface area contributed by atoms with E-state index < -0.39 is 43.1 Å². The fourth-order valence-electron chi connectivity index (χ4n) is 4.65. The first-order valence-electron chi connectivity index (χ1n) is 10.3. The van der Waals surface area contributed by atoms with E-state index in [2.05, 4.69) is 5.32 Å². The number of amides is 1. The van der Waals surface area contributed by atoms with E-state index in [1.165, 1.54) is 0 Å². The maximum atomic E-state index is 15.0. The topological polar surface area (TPSA) is 72.5 Å². The van der Waals surface area contributed by atoms with Gasteiger partial charge in [-0.15, -0.1) is 0 Å². The lowest BCUT2D eigenvalue weighted by Crippen LogP contribution is -2.37. The number of carbonyl (C=O) groups excluding carboxylic acids is 1. The van der Waals surface area contributed by atoms with Crippen LogP contribution in [0.15, 0.2) is 17.0 Å². The van der Waals surface area contributed by atoms with E-state index in [1.54, 1.807) is 7.11 Å². The van der Waals surface area contributed by atoms with Crippen LogP contribution in [-0.2, 0) is 14.6 Å². The van der Waals surface area contributed by atoms with Gasteiger partial charge in [-0.05, 0) is 49.7 Å². The van der Waals surface area contributed by atoms with E-state index in [4.69, 9.17) is 4.74 Å². The molecule has 2 aliphatic carbocycles. The van der Waals surface area contributed by atoms with Gasteiger partial charge in [-0.25, -0.2) is 17.2 Å². The summed E-state index contributed by atoms with van der Waals surface area (Å²) >= 11 is 0. The van der Waals surface area contributed by atoms with Crippen molar-refractivity contribution in [2.24, 2.45) is 5.41 Å². The molecular weight excluding hydrogens is 400 g/mol. The molecule has 0 atom stereocenters. The fourth-order valence-corrected chi connectivity index (χ4v) is 6.58. The zero-order valence-corrected chi connectivity index (χ0v) is 17.6. The monoisotopic (exact) mass is 429 g/mol. The Balaban J connectivity index is 1.81. The molecule has 3 rings (SSSR count). The van der Waals surface area contributed by atoms with Crippen molar-refractivity contribution in [2.45, 2.75) is 67.9 Å². The molecule has 2 aliphatic rings. The van der Waals surface area contributed by atoms with Crippen LogP contribution < -0.4 is 5.32 Å². The molecule has 0 saturated heterocycles. The van der Waals surface area contributed by atoms with Gasteiger partial charge in [0, 0.05) is 20.3 Å². The van der Waals surface area contributed by atoms with Gasteiger partial charge in [0.05, 0.1) is 5.25 Å². The second-order valence-electron chi connectivity index (χ2n) is 8.32. The number of carbonyl (C=O) groups is 1. The summed E-state index contributed by atoms with van der Waals surface area (Å²) < 4.78 is 60.1. The number of hydrogen-bond acceptors (Lipinski definition) is 4. The van der Waals surface area contributed by atoms with Crippen molar-refractivity contribution in [1.82, 2.24) is 5.32 Å². The smallest absolute Gasteiger partial charge is 0.257 e. The second-order valence-corrected chi connectivity index (χ2v) is 10.5. The van der Waals surface area contributed by atoms with Crippen LogP contribution in [-0.4, -0.2) is 39.8 Å². The molecule has 0 aliphatic heterocycles. The summed E-state index contributed by atoms with van der Waals surface area (Å²) in [5.41, 5.74) is -0.962. The molecule has 5 nitrogen and oxygen atoms in total. The average molecular weight is 430 g/mol. The third kappa shape index (κ3) is 4.63. The molecule has 8 heteroatoms. The van der Waals surface area contributed by atoms with Crippen molar-refractivity contribution in [1.29, 1.82) is 0 Å². The first kappa shape index (κ1) is 22.2. The van der Waals surface area contributed by atoms with Crippen LogP contribution >= 0.6 is 0 Å². The number of hydrogen-bond donors (Lipinski definition) is 1. The molecule has 1 N–H and O–H groups in total. The summed E-state index contributed by atoms with van der Waals surface area (Å²) in [6.45, 7) is 0.835. The highest BCUT2D eigenvalue weighted by atomic mass is 32.2. The summed E-state index contributed by atoms with van der Waals surface area (Å²) in [5, 5.41) is 1.98. The lowest BCUT2D eigenvalue weighted by molar-refractivity contribution is 0.0894. The van der Waals surface area contributed by atoms with Crippen LogP contribution in [0.25, 0.3) is 0 Å². The molecule has 0 unspecified atom stereocenters. The molecule has 1 aromatic carbocycles. The largest absolute Gasteiger partial charge is 0.385 e. The molecule has 0 radical (unpaired) electrons. The number of ether oxygens (including phenoxy) is 1. The Bertz CT molecular complexity index is 844. The normalized spacial score (nSPS) is 19.6. The number of rotatable bonds is 8. The van der Waals surface area contributed by atoms with E-state index in [1.807, 2.05) is 0 Å². The minimum absolute atomic E-state index is 0.147. The van der Waals surface area contributed by atoms with E-state index in [9.17, 15) is 17.6 Å². The van der Waals surface area contributed by atoms with Crippen molar-refractivity contribution in [3.05, 3.63) is 29.3 Å². The van der Waals surface area contributed by atoms with Crippen molar-refractivity contribution < 1.29 is 26.7 Å². The van der Waals surface area contributed by atoms with Gasteiger partial charge in [0.1, 0.15) is 16.3 Å². The minimum Gasteiger partial charge on any atom is -0.385 e. The lowest BCUT2D eigenvalue weighted by Gasteiger charge is -2.29. The molecule has 0 heterocycles. The minimum atomic E-state index is -3.94. The van der Waals surface area contributed by atoms with E-state index in [-0.39, 0.29) is 12.0 Å². The number of sulfone groups is 1. The Kier molecular flexibility index (Phi) is 6.94. The van der Waals surface area contributed by atoms with Gasteiger partial charge in [0.15, 0.2) is 15.7 Å². The van der Waals surface area contributed by atoms with E-state index >= 15 is 4.39 Å². The van der Waals surface area contributed by atoms with Crippen molar-refractivity contribution in [3.8, 4) is 0 Å². The molecule has 2 fully saturated rings. The summed E-state index contributed by atoms with van der Waals surface area (Å²) in [4.78, 5) is 12.1. The zero-order valence-electron chi connectivity index (χ0n) is 16.8. The second kappa shape index (κ2) is 9.08. The highest BCUT2D eigenvalue weighted by Crippen LogP contribution is 2.40. The third-order valence-electron chi connectivity index (χ3n) is 6.45. The molecule has 162 valence electrons. The van der Waals surface area contributed by atoms with Gasteiger partial charge in [-0.1, -0.05) is 25.7 Å². The highest BCUT2D eigenvalue weighted by molar-refractivity contribution is 7.92. The maximum Gasteiger partial charge on any atom is 0.257 e. The standard InChI is InChI=1S/C21H29F2NO4S/c1-28-13-12-21(10-4-5-11-21)14-24-20(25)18-16(22)8-9-17(19(18)23)29(26,27)15-6-2-3-7-15/h8-9,15H,2-7,10-14H2,1H3,(H,24,25). The fraction of sp³-hybridized carbons (Fsp3) is 0.667. The van der Waals surface area contributed by atoms with Gasteiger partial charge in [-0.3, -0.25) is 4.79 Å². The number of nitrogens with one attached hydrogen (secondary N) is 1. The Hall–Kier alpha value is -1.54. The summed E-state index contributed by atoms with van der Waals surface area (Å²) in [6.07, 6.45) is 7.12. The molecule has 0 spiro atoms. The molecular formula is C21H29F2NO4S. The van der Waals surface area contributed by atoms with E-state index in [0.29, 0.717) is 19.4 Å². The van der Waals surface area contributed by atoms with Crippen LogP contribution in [0.1, 0.15) is 68.1 Å². The molecule has 2 saturated carbocycles. The third-order valence-corrected chi connectivity index (χ3v) is 8.73. The van der Waals surface area contributed by atoms with Gasteiger partial charge < -0.3 is 10.1 Å². The van der Waals surface area contributed by atoms with Crippen molar-refractivity contribution in [2.75, 3.05) is 20.3 Å². The van der Waals surface area contributed by atoms with Crippen LogP contribution in [0.3, 0.4) is 0 Å². The van der Waals surface area contributed by atoms with Crippen LogP contribution in [0, 0.1) is 17.0 Å². The first-order valence-corrected chi connectivity index (χ1v) is 11.8. The number of methoxy groups -OCH3 is 1. The predicted molar refractivity (Wildman–Crippen MR) is 106 cm³/mol. The van der Waals surface area contributed by atoms with Crippen molar-refractivity contribution in [3.63, 3.8) is 0 Å². The summed E-state index contributed by atoms with van der Waals surface area (Å²) in [7, 11) is -2.32. The number of halogens is 2. The Morgan fingerprint density at radius 1 is 1.17 bits per heavy atom. The quantitative estimate of drug-likeness (QED) is 0.634. The maximum absolute atomic E-state index is 15.0. The van der Waals surface area contributed by atoms with Gasteiger partial charge >= 0.3 is 0 Å². The van der Waals surface area contributed by atoms with Gasteiger partial charge in [-0.2, -0.15) is 0 Å².